The van der Waals surface area contributed by atoms with E-state index in [0.29, 0.717) is 18.1 Å². The van der Waals surface area contributed by atoms with Gasteiger partial charge in [0.1, 0.15) is 5.75 Å². The molecule has 0 spiro atoms. The lowest BCUT2D eigenvalue weighted by Gasteiger charge is -2.49. The van der Waals surface area contributed by atoms with Crippen molar-refractivity contribution < 1.29 is 4.74 Å². The molecule has 2 aliphatic heterocycles. The number of hydrogen-bond donors (Lipinski definition) is 1. The van der Waals surface area contributed by atoms with Crippen LogP contribution < -0.4 is 10.1 Å². The summed E-state index contributed by atoms with van der Waals surface area (Å²) >= 11 is 0. The highest BCUT2D eigenvalue weighted by Gasteiger charge is 2.45. The Morgan fingerprint density at radius 2 is 1.68 bits per heavy atom. The van der Waals surface area contributed by atoms with Crippen molar-refractivity contribution in [2.75, 3.05) is 32.8 Å². The standard InChI is InChI=1S/C30H33N3O/c31-23-24-11-13-28(14-12-24)34-22-6-19-33-20-16-27(17-21-33)30(26-8-2-1-3-9-26)29-10-5-4-7-25(29)15-18-32-30/h1-5,7-14,27,32H,6,15-22H2. The van der Waals surface area contributed by atoms with Crippen molar-refractivity contribution in [3.05, 3.63) is 101 Å². The third-order valence-electron chi connectivity index (χ3n) is 7.54. The topological polar surface area (TPSA) is 48.3 Å². The number of likely N-dealkylation sites (tertiary alicyclic amines) is 1. The molecule has 1 atom stereocenters. The normalized spacial score (nSPS) is 20.9. The molecule has 2 aliphatic rings. The molecule has 4 heteroatoms. The van der Waals surface area contributed by atoms with E-state index in [-0.39, 0.29) is 5.54 Å². The predicted octanol–water partition coefficient (Wildman–Crippen LogP) is 5.13. The molecule has 1 N–H and O–H groups in total. The molecule has 3 aromatic rings. The zero-order valence-electron chi connectivity index (χ0n) is 19.7. The van der Waals surface area contributed by atoms with E-state index in [1.54, 1.807) is 12.1 Å². The Hall–Kier alpha value is -3.13. The molecule has 0 radical (unpaired) electrons. The molecule has 0 saturated carbocycles. The van der Waals surface area contributed by atoms with Crippen LogP contribution in [0, 0.1) is 17.2 Å². The van der Waals surface area contributed by atoms with Gasteiger partial charge in [0, 0.05) is 13.1 Å². The van der Waals surface area contributed by atoms with Gasteiger partial charge >= 0.3 is 0 Å². The monoisotopic (exact) mass is 451 g/mol. The first-order chi connectivity index (χ1) is 16.8. The second-order valence-electron chi connectivity index (χ2n) is 9.46. The van der Waals surface area contributed by atoms with Crippen molar-refractivity contribution >= 4 is 0 Å². The summed E-state index contributed by atoms with van der Waals surface area (Å²) < 4.78 is 5.88. The van der Waals surface area contributed by atoms with Crippen LogP contribution >= 0.6 is 0 Å². The highest BCUT2D eigenvalue weighted by Crippen LogP contribution is 2.45. The number of hydrogen-bond acceptors (Lipinski definition) is 4. The molecule has 5 rings (SSSR count). The lowest BCUT2D eigenvalue weighted by Crippen LogP contribution is -2.55. The average Bonchev–Trinajstić information content (AvgIpc) is 2.92. The molecule has 4 nitrogen and oxygen atoms in total. The highest BCUT2D eigenvalue weighted by molar-refractivity contribution is 5.46. The second kappa shape index (κ2) is 10.4. The molecule has 0 amide bonds. The van der Waals surface area contributed by atoms with Crippen LogP contribution in [0.4, 0.5) is 0 Å². The zero-order chi connectivity index (χ0) is 23.2. The summed E-state index contributed by atoms with van der Waals surface area (Å²) in [6.07, 6.45) is 4.48. The minimum atomic E-state index is -0.0963. The second-order valence-corrected chi connectivity index (χ2v) is 9.46. The lowest BCUT2D eigenvalue weighted by atomic mass is 9.66. The van der Waals surface area contributed by atoms with Crippen molar-refractivity contribution in [3.8, 4) is 11.8 Å². The van der Waals surface area contributed by atoms with Gasteiger partial charge in [0.05, 0.1) is 23.8 Å². The van der Waals surface area contributed by atoms with Crippen molar-refractivity contribution in [3.63, 3.8) is 0 Å². The summed E-state index contributed by atoms with van der Waals surface area (Å²) in [6, 6.07) is 29.7. The highest BCUT2D eigenvalue weighted by atomic mass is 16.5. The van der Waals surface area contributed by atoms with Crippen molar-refractivity contribution in [2.45, 2.75) is 31.2 Å². The molecule has 0 bridgehead atoms. The van der Waals surface area contributed by atoms with E-state index in [9.17, 15) is 0 Å². The Kier molecular flexibility index (Phi) is 6.94. The van der Waals surface area contributed by atoms with Crippen LogP contribution in [0.1, 0.15) is 41.5 Å². The van der Waals surface area contributed by atoms with Crippen LogP contribution in [-0.4, -0.2) is 37.7 Å². The van der Waals surface area contributed by atoms with Gasteiger partial charge in [0.2, 0.25) is 0 Å². The number of nitriles is 1. The number of nitrogens with one attached hydrogen (secondary N) is 1. The number of piperidine rings is 1. The number of benzene rings is 3. The summed E-state index contributed by atoms with van der Waals surface area (Å²) in [6.45, 7) is 5.04. The smallest absolute Gasteiger partial charge is 0.119 e. The molecule has 1 unspecified atom stereocenters. The fourth-order valence-electron chi connectivity index (χ4n) is 5.86. The molecule has 174 valence electrons. The zero-order valence-corrected chi connectivity index (χ0v) is 19.7. The molecule has 2 heterocycles. The average molecular weight is 452 g/mol. The number of ether oxygens (including phenoxy) is 1. The summed E-state index contributed by atoms with van der Waals surface area (Å²) in [5.41, 5.74) is 4.94. The quantitative estimate of drug-likeness (QED) is 0.506. The Labute approximate surface area is 203 Å². The minimum Gasteiger partial charge on any atom is -0.494 e. The molecule has 3 aromatic carbocycles. The molecule has 1 fully saturated rings. The van der Waals surface area contributed by atoms with Gasteiger partial charge < -0.3 is 15.0 Å². The third kappa shape index (κ3) is 4.59. The van der Waals surface area contributed by atoms with Gasteiger partial charge in [-0.15, -0.1) is 0 Å². The van der Waals surface area contributed by atoms with Crippen LogP contribution in [0.25, 0.3) is 0 Å². The van der Waals surface area contributed by atoms with Gasteiger partial charge in [0.15, 0.2) is 0 Å². The van der Waals surface area contributed by atoms with Crippen molar-refractivity contribution in [1.82, 2.24) is 10.2 Å². The number of fused-ring (bicyclic) bond motifs is 1. The maximum atomic E-state index is 8.92. The van der Waals surface area contributed by atoms with Gasteiger partial charge in [-0.25, -0.2) is 0 Å². The Bertz CT molecular complexity index is 1110. The first-order valence-electron chi connectivity index (χ1n) is 12.5. The predicted molar refractivity (Wildman–Crippen MR) is 136 cm³/mol. The fourth-order valence-corrected chi connectivity index (χ4v) is 5.86. The first-order valence-corrected chi connectivity index (χ1v) is 12.5. The van der Waals surface area contributed by atoms with E-state index in [1.165, 1.54) is 29.5 Å². The molecular formula is C30H33N3O. The number of nitrogens with zero attached hydrogens (tertiary/aromatic N) is 2. The molecule has 34 heavy (non-hydrogen) atoms. The van der Waals surface area contributed by atoms with Crippen LogP contribution in [0.2, 0.25) is 0 Å². The molecular weight excluding hydrogens is 418 g/mol. The van der Waals surface area contributed by atoms with E-state index in [2.05, 4.69) is 70.9 Å². The Balaban J connectivity index is 1.22. The molecule has 1 saturated heterocycles. The van der Waals surface area contributed by atoms with Crippen molar-refractivity contribution in [2.24, 2.45) is 5.92 Å². The van der Waals surface area contributed by atoms with Crippen LogP contribution in [0.3, 0.4) is 0 Å². The molecule has 0 aromatic heterocycles. The summed E-state index contributed by atoms with van der Waals surface area (Å²) in [4.78, 5) is 2.59. The van der Waals surface area contributed by atoms with Gasteiger partial charge in [-0.3, -0.25) is 0 Å². The van der Waals surface area contributed by atoms with Crippen LogP contribution in [0.5, 0.6) is 5.75 Å². The number of rotatable bonds is 7. The van der Waals surface area contributed by atoms with Crippen LogP contribution in [-0.2, 0) is 12.0 Å². The SMILES string of the molecule is N#Cc1ccc(OCCCN2CCC(C3(c4ccccc4)NCCc4ccccc43)CC2)cc1. The first kappa shape index (κ1) is 22.7. The minimum absolute atomic E-state index is 0.0963. The van der Waals surface area contributed by atoms with Gasteiger partial charge in [-0.1, -0.05) is 54.6 Å². The largest absolute Gasteiger partial charge is 0.494 e. The molecule has 0 aliphatic carbocycles. The fraction of sp³-hybridized carbons (Fsp3) is 0.367. The van der Waals surface area contributed by atoms with Gasteiger partial charge in [-0.05, 0) is 85.6 Å². The van der Waals surface area contributed by atoms with E-state index in [4.69, 9.17) is 10.00 Å². The van der Waals surface area contributed by atoms with Crippen LogP contribution in [0.15, 0.2) is 78.9 Å². The van der Waals surface area contributed by atoms with E-state index < -0.39 is 0 Å². The Morgan fingerprint density at radius 1 is 0.941 bits per heavy atom. The summed E-state index contributed by atoms with van der Waals surface area (Å²) in [5.74, 6) is 1.41. The van der Waals surface area contributed by atoms with Gasteiger partial charge in [-0.2, -0.15) is 5.26 Å². The van der Waals surface area contributed by atoms with E-state index >= 15 is 0 Å². The Morgan fingerprint density at radius 3 is 2.44 bits per heavy atom. The van der Waals surface area contributed by atoms with Crippen molar-refractivity contribution in [1.29, 1.82) is 5.26 Å². The summed E-state index contributed by atoms with van der Waals surface area (Å²) in [5, 5.41) is 12.9. The third-order valence-corrected chi connectivity index (χ3v) is 7.54. The van der Waals surface area contributed by atoms with E-state index in [0.717, 1.165) is 44.8 Å². The maximum absolute atomic E-state index is 8.92. The lowest BCUT2D eigenvalue weighted by molar-refractivity contribution is 0.117. The maximum Gasteiger partial charge on any atom is 0.119 e. The van der Waals surface area contributed by atoms with E-state index in [1.807, 2.05) is 12.1 Å². The van der Waals surface area contributed by atoms with Gasteiger partial charge in [0.25, 0.3) is 0 Å². The summed E-state index contributed by atoms with van der Waals surface area (Å²) in [7, 11) is 0.